The van der Waals surface area contributed by atoms with Crippen LogP contribution in [-0.4, -0.2) is 55.1 Å². The van der Waals surface area contributed by atoms with Crippen molar-refractivity contribution >= 4 is 50.5 Å². The predicted octanol–water partition coefficient (Wildman–Crippen LogP) is 3.68. The van der Waals surface area contributed by atoms with E-state index < -0.39 is 16.1 Å². The van der Waals surface area contributed by atoms with E-state index in [0.29, 0.717) is 41.5 Å². The molecular formula is C20H24ClN3O4S2. The highest BCUT2D eigenvalue weighted by Crippen LogP contribution is 2.32. The molecule has 0 saturated carbocycles. The molecule has 1 aliphatic rings. The summed E-state index contributed by atoms with van der Waals surface area (Å²) in [5.74, 6) is -0.456. The van der Waals surface area contributed by atoms with E-state index in [-0.39, 0.29) is 22.6 Å². The third kappa shape index (κ3) is 4.69. The molecule has 0 spiro atoms. The Balaban J connectivity index is 1.71. The lowest BCUT2D eigenvalue weighted by molar-refractivity contribution is -0.119. The van der Waals surface area contributed by atoms with Gasteiger partial charge >= 0.3 is 0 Å². The normalized spacial score (nSPS) is 17.1. The molecule has 2 aromatic rings. The summed E-state index contributed by atoms with van der Waals surface area (Å²) in [4.78, 5) is 26.9. The van der Waals surface area contributed by atoms with Crippen LogP contribution >= 0.6 is 22.9 Å². The number of thiophene rings is 1. The first kappa shape index (κ1) is 22.7. The Morgan fingerprint density at radius 2 is 1.83 bits per heavy atom. The Kier molecular flexibility index (Phi) is 7.18. The van der Waals surface area contributed by atoms with E-state index in [4.69, 9.17) is 11.6 Å². The Morgan fingerprint density at radius 3 is 2.40 bits per heavy atom. The number of hydrogen-bond donors (Lipinski definition) is 1. The number of anilines is 1. The van der Waals surface area contributed by atoms with Crippen LogP contribution in [0.3, 0.4) is 0 Å². The van der Waals surface area contributed by atoms with Crippen molar-refractivity contribution in [3.63, 3.8) is 0 Å². The molecular weight excluding hydrogens is 446 g/mol. The van der Waals surface area contributed by atoms with Crippen LogP contribution in [0.4, 0.5) is 5.69 Å². The number of halogens is 1. The van der Waals surface area contributed by atoms with E-state index >= 15 is 0 Å². The molecule has 7 nitrogen and oxygen atoms in total. The Labute approximate surface area is 185 Å². The zero-order valence-corrected chi connectivity index (χ0v) is 19.2. The average Bonchev–Trinajstić information content (AvgIpc) is 3.39. The summed E-state index contributed by atoms with van der Waals surface area (Å²) in [5.41, 5.74) is 1.05. The van der Waals surface area contributed by atoms with Crippen LogP contribution in [0.1, 0.15) is 37.0 Å². The van der Waals surface area contributed by atoms with E-state index in [1.807, 2.05) is 13.8 Å². The molecule has 0 unspecified atom stereocenters. The van der Waals surface area contributed by atoms with Gasteiger partial charge in [0.1, 0.15) is 10.3 Å². The first-order valence-corrected chi connectivity index (χ1v) is 12.4. The van der Waals surface area contributed by atoms with Gasteiger partial charge in [0.05, 0.1) is 4.34 Å². The van der Waals surface area contributed by atoms with E-state index in [2.05, 4.69) is 5.32 Å². The van der Waals surface area contributed by atoms with Crippen molar-refractivity contribution < 1.29 is 18.0 Å². The Morgan fingerprint density at radius 1 is 1.17 bits per heavy atom. The van der Waals surface area contributed by atoms with Crippen molar-refractivity contribution in [2.24, 2.45) is 0 Å². The van der Waals surface area contributed by atoms with E-state index in [1.54, 1.807) is 29.2 Å². The third-order valence-corrected chi connectivity index (χ3v) is 8.67. The van der Waals surface area contributed by atoms with Gasteiger partial charge in [-0.2, -0.15) is 4.31 Å². The highest BCUT2D eigenvalue weighted by Gasteiger charge is 2.40. The van der Waals surface area contributed by atoms with E-state index in [9.17, 15) is 18.0 Å². The number of carbonyl (C=O) groups is 2. The average molecular weight is 470 g/mol. The van der Waals surface area contributed by atoms with Gasteiger partial charge in [-0.1, -0.05) is 11.6 Å². The molecule has 1 aliphatic heterocycles. The Bertz CT molecular complexity index is 1020. The third-order valence-electron chi connectivity index (χ3n) is 5.07. The van der Waals surface area contributed by atoms with Crippen molar-refractivity contribution in [2.45, 2.75) is 36.9 Å². The van der Waals surface area contributed by atoms with E-state index in [1.165, 1.54) is 16.4 Å². The molecule has 0 aliphatic carbocycles. The molecule has 1 aromatic carbocycles. The van der Waals surface area contributed by atoms with Crippen LogP contribution in [-0.2, 0) is 14.8 Å². The number of carbonyl (C=O) groups excluding carboxylic acids is 2. The fourth-order valence-corrected chi connectivity index (χ4v) is 6.73. The van der Waals surface area contributed by atoms with Crippen molar-refractivity contribution in [2.75, 3.05) is 25.0 Å². The lowest BCUT2D eigenvalue weighted by Crippen LogP contribution is -2.42. The quantitative estimate of drug-likeness (QED) is 0.670. The summed E-state index contributed by atoms with van der Waals surface area (Å²) in [5, 5.41) is 2.77. The van der Waals surface area contributed by atoms with Gasteiger partial charge < -0.3 is 10.2 Å². The van der Waals surface area contributed by atoms with Gasteiger partial charge in [0.25, 0.3) is 15.9 Å². The number of sulfonamides is 1. The second-order valence-electron chi connectivity index (χ2n) is 6.88. The summed E-state index contributed by atoms with van der Waals surface area (Å²) in [6.45, 7) is 5.36. The maximum atomic E-state index is 12.9. The summed E-state index contributed by atoms with van der Waals surface area (Å²) in [7, 11) is -3.78. The molecule has 10 heteroatoms. The minimum atomic E-state index is -3.78. The molecule has 2 amide bonds. The number of nitrogens with one attached hydrogen (secondary N) is 1. The fourth-order valence-electron chi connectivity index (χ4n) is 3.46. The first-order valence-electron chi connectivity index (χ1n) is 9.75. The van der Waals surface area contributed by atoms with Crippen LogP contribution in [0.2, 0.25) is 4.34 Å². The van der Waals surface area contributed by atoms with Crippen LogP contribution in [0.5, 0.6) is 0 Å². The molecule has 1 saturated heterocycles. The van der Waals surface area contributed by atoms with E-state index in [0.717, 1.165) is 11.3 Å². The van der Waals surface area contributed by atoms with Crippen LogP contribution in [0.25, 0.3) is 0 Å². The van der Waals surface area contributed by atoms with Crippen LogP contribution in [0, 0.1) is 0 Å². The van der Waals surface area contributed by atoms with Crippen molar-refractivity contribution in [1.82, 2.24) is 9.21 Å². The van der Waals surface area contributed by atoms with Gasteiger partial charge in [-0.3, -0.25) is 9.59 Å². The topological polar surface area (TPSA) is 86.8 Å². The Hall–Kier alpha value is -1.94. The zero-order chi connectivity index (χ0) is 21.9. The standard InChI is InChI=1S/C20H24ClN3O4S2/c1-3-23(4-2)20(26)14-7-9-15(10-8-14)22-19(25)16-6-5-13-24(16)30(27,28)18-12-11-17(21)29-18/h7-12,16H,3-6,13H2,1-2H3,(H,22,25)/t16-/m1/s1. The number of nitrogens with zero attached hydrogens (tertiary/aromatic N) is 2. The molecule has 1 aromatic heterocycles. The van der Waals surface area contributed by atoms with Crippen molar-refractivity contribution in [3.05, 3.63) is 46.3 Å². The lowest BCUT2D eigenvalue weighted by Gasteiger charge is -2.23. The molecule has 0 bridgehead atoms. The molecule has 0 radical (unpaired) electrons. The number of rotatable bonds is 7. The highest BCUT2D eigenvalue weighted by molar-refractivity contribution is 7.91. The lowest BCUT2D eigenvalue weighted by atomic mass is 10.1. The molecule has 3 rings (SSSR count). The monoisotopic (exact) mass is 469 g/mol. The maximum absolute atomic E-state index is 12.9. The number of amides is 2. The number of hydrogen-bond acceptors (Lipinski definition) is 5. The molecule has 2 heterocycles. The first-order chi connectivity index (χ1) is 14.3. The van der Waals surface area contributed by atoms with Gasteiger partial charge in [0.2, 0.25) is 5.91 Å². The minimum Gasteiger partial charge on any atom is -0.339 e. The molecule has 1 N–H and O–H groups in total. The summed E-state index contributed by atoms with van der Waals surface area (Å²) >= 11 is 6.86. The van der Waals surface area contributed by atoms with Crippen molar-refractivity contribution in [1.29, 1.82) is 0 Å². The fraction of sp³-hybridized carbons (Fsp3) is 0.400. The van der Waals surface area contributed by atoms with Gasteiger partial charge in [0, 0.05) is 30.9 Å². The summed E-state index contributed by atoms with van der Waals surface area (Å²) < 4.78 is 27.6. The zero-order valence-electron chi connectivity index (χ0n) is 16.8. The van der Waals surface area contributed by atoms with Gasteiger partial charge in [0.15, 0.2) is 0 Å². The van der Waals surface area contributed by atoms with Crippen molar-refractivity contribution in [3.8, 4) is 0 Å². The second-order valence-corrected chi connectivity index (χ2v) is 10.7. The van der Waals surface area contributed by atoms with Gasteiger partial charge in [-0.05, 0) is 63.1 Å². The highest BCUT2D eigenvalue weighted by atomic mass is 35.5. The molecule has 30 heavy (non-hydrogen) atoms. The molecule has 1 fully saturated rings. The second kappa shape index (κ2) is 9.47. The largest absolute Gasteiger partial charge is 0.339 e. The summed E-state index contributed by atoms with van der Waals surface area (Å²) in [6, 6.07) is 8.84. The maximum Gasteiger partial charge on any atom is 0.253 e. The molecule has 162 valence electrons. The SMILES string of the molecule is CCN(CC)C(=O)c1ccc(NC(=O)[C@H]2CCCN2S(=O)(=O)c2ccc(Cl)s2)cc1. The molecule has 1 atom stereocenters. The minimum absolute atomic E-state index is 0.0689. The predicted molar refractivity (Wildman–Crippen MR) is 119 cm³/mol. The number of benzene rings is 1. The van der Waals surface area contributed by atoms with Crippen LogP contribution < -0.4 is 5.32 Å². The smallest absolute Gasteiger partial charge is 0.253 e. The van der Waals surface area contributed by atoms with Crippen LogP contribution in [0.15, 0.2) is 40.6 Å². The van der Waals surface area contributed by atoms with Gasteiger partial charge in [-0.25, -0.2) is 8.42 Å². The van der Waals surface area contributed by atoms with Gasteiger partial charge in [-0.15, -0.1) is 11.3 Å². The summed E-state index contributed by atoms with van der Waals surface area (Å²) in [6.07, 6.45) is 1.05.